The lowest BCUT2D eigenvalue weighted by atomic mass is 9.96. The lowest BCUT2D eigenvalue weighted by Gasteiger charge is -2.33. The maximum absolute atomic E-state index is 15.4. The number of nitrogens with one attached hydrogen (secondary N) is 2. The molecule has 0 spiro atoms. The smallest absolute Gasteiger partial charge is 0.331 e. The molecule has 3 aromatic rings. The third-order valence-electron chi connectivity index (χ3n) is 9.12. The van der Waals surface area contributed by atoms with Crippen molar-refractivity contribution in [2.45, 2.75) is 78.0 Å². The van der Waals surface area contributed by atoms with Crippen molar-refractivity contribution >= 4 is 34.4 Å². The summed E-state index contributed by atoms with van der Waals surface area (Å²) in [5, 5.41) is 5.83. The Hall–Kier alpha value is -4.48. The number of rotatable bonds is 6. The van der Waals surface area contributed by atoms with Crippen LogP contribution in [0.4, 0.5) is 14.9 Å². The summed E-state index contributed by atoms with van der Waals surface area (Å²) in [6.45, 7) is 7.31. The van der Waals surface area contributed by atoms with Crippen LogP contribution in [-0.4, -0.2) is 62.5 Å². The van der Waals surface area contributed by atoms with E-state index < -0.39 is 23.1 Å². The number of urea groups is 1. The van der Waals surface area contributed by atoms with Gasteiger partial charge in [0.05, 0.1) is 16.6 Å². The molecule has 3 heterocycles. The summed E-state index contributed by atoms with van der Waals surface area (Å²) in [7, 11) is 0. The fraction of sp³-hybridized carbons (Fsp3) is 0.485. The predicted molar refractivity (Wildman–Crippen MR) is 168 cm³/mol. The number of hydrogen-bond donors (Lipinski definition) is 2. The molecule has 1 saturated carbocycles. The Bertz CT molecular complexity index is 1810. The molecule has 2 aliphatic heterocycles. The second-order valence-corrected chi connectivity index (χ2v) is 12.8. The zero-order chi connectivity index (χ0) is 32.0. The van der Waals surface area contributed by atoms with Crippen LogP contribution in [0.15, 0.2) is 39.9 Å². The number of carbonyl (C=O) groups excluding carboxylic acids is 3. The summed E-state index contributed by atoms with van der Waals surface area (Å²) in [4.78, 5) is 68.0. The molecule has 2 fully saturated rings. The maximum Gasteiger partial charge on any atom is 0.331 e. The first-order valence-corrected chi connectivity index (χ1v) is 15.7. The van der Waals surface area contributed by atoms with E-state index in [1.165, 1.54) is 20.1 Å². The first-order valence-electron chi connectivity index (χ1n) is 15.7. The van der Waals surface area contributed by atoms with Gasteiger partial charge in [-0.05, 0) is 81.2 Å². The van der Waals surface area contributed by atoms with Crippen LogP contribution >= 0.6 is 0 Å². The number of benzene rings is 2. The Balaban J connectivity index is 1.16. The molecule has 2 aromatic carbocycles. The quantitative estimate of drug-likeness (QED) is 0.437. The van der Waals surface area contributed by atoms with E-state index in [0.717, 1.165) is 30.0 Å². The number of hydrogen-bond acceptors (Lipinski definition) is 5. The number of carbonyl (C=O) groups is 3. The molecule has 45 heavy (non-hydrogen) atoms. The lowest BCUT2D eigenvalue weighted by molar-refractivity contribution is -0.129. The van der Waals surface area contributed by atoms with Crippen molar-refractivity contribution < 1.29 is 18.8 Å². The highest BCUT2D eigenvalue weighted by Gasteiger charge is 2.28. The molecule has 0 bridgehead atoms. The van der Waals surface area contributed by atoms with E-state index >= 15 is 4.39 Å². The molecule has 1 aromatic heterocycles. The minimum atomic E-state index is -0.746. The number of likely N-dealkylation sites (tertiary alicyclic amines) is 1. The molecular weight excluding hydrogens is 579 g/mol. The molecule has 11 nitrogen and oxygen atoms in total. The third-order valence-corrected chi connectivity index (χ3v) is 9.12. The second-order valence-electron chi connectivity index (χ2n) is 12.8. The molecule has 0 radical (unpaired) electrons. The van der Waals surface area contributed by atoms with Gasteiger partial charge in [-0.1, -0.05) is 6.07 Å². The minimum absolute atomic E-state index is 0.0287. The molecule has 1 aliphatic carbocycles. The van der Waals surface area contributed by atoms with Crippen molar-refractivity contribution in [3.63, 3.8) is 0 Å². The normalized spacial score (nSPS) is 18.2. The molecule has 3 aliphatic rings. The van der Waals surface area contributed by atoms with E-state index in [2.05, 4.69) is 10.6 Å². The standard InChI is InChI=1S/C33H39FN6O5/c1-19(2)40-29-15-27(34)28(14-26(29)31(43)39(33(40)45)16-21-6-7-21)36-32(44)38-11-4-5-25(18-38)35-30(42)23-8-9-24-17-37(20(3)41)12-10-22(24)13-23/h8-9,13-15,19,21,25H,4-7,10-12,16-18H2,1-3H3,(H,35,42)(H,36,44). The molecule has 1 unspecified atom stereocenters. The monoisotopic (exact) mass is 618 g/mol. The van der Waals surface area contributed by atoms with Gasteiger partial charge in [-0.25, -0.2) is 14.0 Å². The van der Waals surface area contributed by atoms with Crippen molar-refractivity contribution in [3.8, 4) is 0 Å². The Morgan fingerprint density at radius 2 is 1.78 bits per heavy atom. The average Bonchev–Trinajstić information content (AvgIpc) is 3.84. The largest absolute Gasteiger partial charge is 0.348 e. The van der Waals surface area contributed by atoms with Crippen LogP contribution in [0.1, 0.15) is 74.0 Å². The zero-order valence-corrected chi connectivity index (χ0v) is 25.9. The van der Waals surface area contributed by atoms with Gasteiger partial charge in [0.15, 0.2) is 0 Å². The Labute approximate surface area is 260 Å². The molecular formula is C33H39FN6O5. The van der Waals surface area contributed by atoms with Crippen LogP contribution in [0, 0.1) is 11.7 Å². The third kappa shape index (κ3) is 6.23. The Morgan fingerprint density at radius 1 is 1.00 bits per heavy atom. The van der Waals surface area contributed by atoms with Gasteiger partial charge in [-0.15, -0.1) is 0 Å². The second kappa shape index (κ2) is 12.1. The number of aromatic nitrogens is 2. The summed E-state index contributed by atoms with van der Waals surface area (Å²) in [6, 6.07) is 6.85. The SMILES string of the molecule is CC(=O)N1CCc2cc(C(=O)NC3CCCN(C(=O)Nc4cc5c(=O)n(CC6CC6)c(=O)n(C(C)C)c5cc4F)C3)ccc2C1. The van der Waals surface area contributed by atoms with Crippen LogP contribution in [0.2, 0.25) is 0 Å². The van der Waals surface area contributed by atoms with Crippen molar-refractivity contribution in [1.82, 2.24) is 24.3 Å². The summed E-state index contributed by atoms with van der Waals surface area (Å²) in [5.74, 6) is -0.671. The van der Waals surface area contributed by atoms with Crippen molar-refractivity contribution in [2.24, 2.45) is 5.92 Å². The molecule has 12 heteroatoms. The topological polar surface area (TPSA) is 126 Å². The van der Waals surface area contributed by atoms with Crippen molar-refractivity contribution in [3.05, 3.63) is 73.7 Å². The van der Waals surface area contributed by atoms with Gasteiger partial charge in [0.2, 0.25) is 5.91 Å². The number of halogens is 1. The summed E-state index contributed by atoms with van der Waals surface area (Å²) < 4.78 is 18.0. The maximum atomic E-state index is 15.4. The molecule has 1 atom stereocenters. The van der Waals surface area contributed by atoms with Gasteiger partial charge in [-0.2, -0.15) is 0 Å². The number of piperidine rings is 1. The van der Waals surface area contributed by atoms with Crippen LogP contribution in [0.25, 0.3) is 10.9 Å². The van der Waals surface area contributed by atoms with E-state index in [4.69, 9.17) is 0 Å². The number of nitrogens with zero attached hydrogens (tertiary/aromatic N) is 4. The van der Waals surface area contributed by atoms with E-state index in [1.807, 2.05) is 12.1 Å². The van der Waals surface area contributed by atoms with E-state index in [9.17, 15) is 24.0 Å². The van der Waals surface area contributed by atoms with Gasteiger partial charge < -0.3 is 20.4 Å². The Morgan fingerprint density at radius 3 is 2.49 bits per heavy atom. The average molecular weight is 619 g/mol. The summed E-state index contributed by atoms with van der Waals surface area (Å²) in [5.41, 5.74) is 1.71. The first-order chi connectivity index (χ1) is 21.5. The van der Waals surface area contributed by atoms with Crippen LogP contribution in [0.3, 0.4) is 0 Å². The summed E-state index contributed by atoms with van der Waals surface area (Å²) >= 11 is 0. The molecule has 1 saturated heterocycles. The highest BCUT2D eigenvalue weighted by molar-refractivity contribution is 5.95. The molecule has 6 rings (SSSR count). The van der Waals surface area contributed by atoms with Crippen molar-refractivity contribution in [1.29, 1.82) is 0 Å². The predicted octanol–water partition coefficient (Wildman–Crippen LogP) is 3.62. The number of anilines is 1. The van der Waals surface area contributed by atoms with Crippen molar-refractivity contribution in [2.75, 3.05) is 25.0 Å². The molecule has 238 valence electrons. The first kappa shape index (κ1) is 30.5. The summed E-state index contributed by atoms with van der Waals surface area (Å²) in [6.07, 6.45) is 3.94. The minimum Gasteiger partial charge on any atom is -0.348 e. The highest BCUT2D eigenvalue weighted by atomic mass is 19.1. The van der Waals surface area contributed by atoms with Gasteiger partial charge in [0, 0.05) is 63.4 Å². The van der Waals surface area contributed by atoms with Gasteiger partial charge in [-0.3, -0.25) is 23.5 Å². The zero-order valence-electron chi connectivity index (χ0n) is 25.9. The van der Waals surface area contributed by atoms with E-state index in [1.54, 1.807) is 31.7 Å². The van der Waals surface area contributed by atoms with Gasteiger partial charge in [0.1, 0.15) is 5.82 Å². The van der Waals surface area contributed by atoms with Crippen LogP contribution in [-0.2, 0) is 24.3 Å². The molecule has 2 N–H and O–H groups in total. The van der Waals surface area contributed by atoms with Crippen LogP contribution < -0.4 is 21.9 Å². The fourth-order valence-corrected chi connectivity index (χ4v) is 6.42. The Kier molecular flexibility index (Phi) is 8.23. The lowest BCUT2D eigenvalue weighted by Crippen LogP contribution is -2.50. The van der Waals surface area contributed by atoms with Gasteiger partial charge in [0.25, 0.3) is 11.5 Å². The molecule has 4 amide bonds. The van der Waals surface area contributed by atoms with Crippen LogP contribution in [0.5, 0.6) is 0 Å². The highest BCUT2D eigenvalue weighted by Crippen LogP contribution is 2.30. The van der Waals surface area contributed by atoms with E-state index in [-0.39, 0.29) is 53.0 Å². The van der Waals surface area contributed by atoms with Gasteiger partial charge >= 0.3 is 11.7 Å². The fourth-order valence-electron chi connectivity index (χ4n) is 6.42. The number of amides is 4. The van der Waals surface area contributed by atoms with E-state index in [0.29, 0.717) is 51.0 Å². The number of fused-ring (bicyclic) bond motifs is 2.